The fourth-order valence-electron chi connectivity index (χ4n) is 2.02. The van der Waals surface area contributed by atoms with Crippen LogP contribution in [0.25, 0.3) is 0 Å². The van der Waals surface area contributed by atoms with Crippen molar-refractivity contribution in [3.63, 3.8) is 0 Å². The number of hydrogen-bond acceptors (Lipinski definition) is 7. The summed E-state index contributed by atoms with van der Waals surface area (Å²) in [5.41, 5.74) is 7.83. The number of nitrogen functional groups attached to an aromatic ring is 1. The highest BCUT2D eigenvalue weighted by atomic mass is 15.2. The van der Waals surface area contributed by atoms with Crippen LogP contribution in [0, 0.1) is 18.3 Å². The van der Waals surface area contributed by atoms with Gasteiger partial charge in [0.1, 0.15) is 5.82 Å². The smallest absolute Gasteiger partial charge is 0.232 e. The summed E-state index contributed by atoms with van der Waals surface area (Å²) in [7, 11) is 0. The minimum absolute atomic E-state index is 0.158. The van der Waals surface area contributed by atoms with Gasteiger partial charge in [0.15, 0.2) is 0 Å². The summed E-state index contributed by atoms with van der Waals surface area (Å²) >= 11 is 0. The zero-order valence-corrected chi connectivity index (χ0v) is 13.6. The second-order valence-electron chi connectivity index (χ2n) is 5.58. The summed E-state index contributed by atoms with van der Waals surface area (Å²) in [4.78, 5) is 14.6. The van der Waals surface area contributed by atoms with Crippen LogP contribution in [0.5, 0.6) is 0 Å². The van der Waals surface area contributed by atoms with Crippen molar-refractivity contribution in [2.75, 3.05) is 17.6 Å². The molecule has 3 N–H and O–H groups in total. The molecule has 0 atom stereocenters. The SMILES string of the molecule is Cc1ccc(Nc2nc(N)nc(CN(CC#N)C(C)C)n2)cc1. The molecule has 0 radical (unpaired) electrons. The fraction of sp³-hybridized carbons (Fsp3) is 0.375. The number of aryl methyl sites for hydroxylation is 1. The minimum atomic E-state index is 0.158. The predicted molar refractivity (Wildman–Crippen MR) is 89.9 cm³/mol. The number of nitrogens with two attached hydrogens (primary N) is 1. The zero-order chi connectivity index (χ0) is 16.8. The van der Waals surface area contributed by atoms with Crippen LogP contribution in [0.4, 0.5) is 17.6 Å². The molecular formula is C16H21N7. The molecule has 0 bridgehead atoms. The quantitative estimate of drug-likeness (QED) is 0.788. The number of nitrogens with zero attached hydrogens (tertiary/aromatic N) is 5. The summed E-state index contributed by atoms with van der Waals surface area (Å²) < 4.78 is 0. The van der Waals surface area contributed by atoms with Crippen LogP contribution in [0.2, 0.25) is 0 Å². The third kappa shape index (κ3) is 4.90. The molecule has 0 amide bonds. The zero-order valence-electron chi connectivity index (χ0n) is 13.6. The van der Waals surface area contributed by atoms with Crippen LogP contribution in [0.15, 0.2) is 24.3 Å². The van der Waals surface area contributed by atoms with Crippen molar-refractivity contribution in [1.29, 1.82) is 5.26 Å². The van der Waals surface area contributed by atoms with E-state index >= 15 is 0 Å². The van der Waals surface area contributed by atoms with E-state index in [1.165, 1.54) is 5.56 Å². The van der Waals surface area contributed by atoms with Crippen LogP contribution in [-0.2, 0) is 6.54 Å². The van der Waals surface area contributed by atoms with Crippen molar-refractivity contribution in [1.82, 2.24) is 19.9 Å². The first-order valence-corrected chi connectivity index (χ1v) is 7.43. The standard InChI is InChI=1S/C16H21N7/c1-11(2)23(9-8-17)10-14-20-15(18)22-16(21-14)19-13-6-4-12(3)5-7-13/h4-7,11H,9-10H2,1-3H3,(H3,18,19,20,21,22). The van der Waals surface area contributed by atoms with Gasteiger partial charge in [0, 0.05) is 11.7 Å². The lowest BCUT2D eigenvalue weighted by molar-refractivity contribution is 0.234. The van der Waals surface area contributed by atoms with E-state index in [1.54, 1.807) is 0 Å². The van der Waals surface area contributed by atoms with Crippen molar-refractivity contribution in [3.05, 3.63) is 35.7 Å². The molecule has 2 aromatic rings. The van der Waals surface area contributed by atoms with E-state index in [0.717, 1.165) is 5.69 Å². The summed E-state index contributed by atoms with van der Waals surface area (Å²) in [6, 6.07) is 10.3. The molecule has 1 aromatic heterocycles. The topological polar surface area (TPSA) is 104 Å². The molecule has 2 rings (SSSR count). The van der Waals surface area contributed by atoms with Gasteiger partial charge in [0.05, 0.1) is 19.2 Å². The van der Waals surface area contributed by atoms with Gasteiger partial charge in [-0.1, -0.05) is 17.7 Å². The van der Waals surface area contributed by atoms with Crippen LogP contribution in [0.3, 0.4) is 0 Å². The number of nitriles is 1. The van der Waals surface area contributed by atoms with E-state index in [1.807, 2.05) is 49.9 Å². The number of hydrogen-bond donors (Lipinski definition) is 2. The number of nitrogens with one attached hydrogen (secondary N) is 1. The first kappa shape index (κ1) is 16.6. The first-order chi connectivity index (χ1) is 11.0. The van der Waals surface area contributed by atoms with Gasteiger partial charge in [-0.3, -0.25) is 4.90 Å². The molecule has 7 heteroatoms. The van der Waals surface area contributed by atoms with Crippen LogP contribution < -0.4 is 11.1 Å². The molecule has 7 nitrogen and oxygen atoms in total. The highest BCUT2D eigenvalue weighted by molar-refractivity contribution is 5.54. The Labute approximate surface area is 136 Å². The lowest BCUT2D eigenvalue weighted by Gasteiger charge is -2.22. The van der Waals surface area contributed by atoms with E-state index < -0.39 is 0 Å². The van der Waals surface area contributed by atoms with Gasteiger partial charge in [0.2, 0.25) is 11.9 Å². The van der Waals surface area contributed by atoms with Crippen LogP contribution in [0.1, 0.15) is 25.2 Å². The number of anilines is 3. The van der Waals surface area contributed by atoms with E-state index in [9.17, 15) is 0 Å². The monoisotopic (exact) mass is 311 g/mol. The summed E-state index contributed by atoms with van der Waals surface area (Å²) in [5, 5.41) is 12.0. The Morgan fingerprint density at radius 3 is 2.52 bits per heavy atom. The van der Waals surface area contributed by atoms with Gasteiger partial charge in [0.25, 0.3) is 0 Å². The normalized spacial score (nSPS) is 10.8. The number of aromatic nitrogens is 3. The van der Waals surface area contributed by atoms with Gasteiger partial charge in [-0.15, -0.1) is 0 Å². The Bertz CT molecular complexity index is 689. The molecule has 0 aliphatic rings. The molecule has 0 saturated heterocycles. The van der Waals surface area contributed by atoms with E-state index in [-0.39, 0.29) is 12.0 Å². The van der Waals surface area contributed by atoms with Gasteiger partial charge < -0.3 is 11.1 Å². The fourth-order valence-corrected chi connectivity index (χ4v) is 2.02. The van der Waals surface area contributed by atoms with Crippen molar-refractivity contribution >= 4 is 17.6 Å². The highest BCUT2D eigenvalue weighted by Crippen LogP contribution is 2.15. The maximum Gasteiger partial charge on any atom is 0.232 e. The van der Waals surface area contributed by atoms with Gasteiger partial charge in [-0.05, 0) is 32.9 Å². The highest BCUT2D eigenvalue weighted by Gasteiger charge is 2.13. The predicted octanol–water partition coefficient (Wildman–Crippen LogP) is 2.24. The molecular weight excluding hydrogens is 290 g/mol. The molecule has 1 heterocycles. The molecule has 0 aliphatic carbocycles. The van der Waals surface area contributed by atoms with E-state index in [2.05, 4.69) is 26.3 Å². The van der Waals surface area contributed by atoms with E-state index in [0.29, 0.717) is 24.9 Å². The van der Waals surface area contributed by atoms with Gasteiger partial charge >= 0.3 is 0 Å². The molecule has 0 fully saturated rings. The van der Waals surface area contributed by atoms with Crippen LogP contribution >= 0.6 is 0 Å². The van der Waals surface area contributed by atoms with E-state index in [4.69, 9.17) is 11.0 Å². The maximum absolute atomic E-state index is 8.91. The number of rotatable bonds is 6. The molecule has 0 spiro atoms. The summed E-state index contributed by atoms with van der Waals surface area (Å²) in [6.07, 6.45) is 0. The number of benzene rings is 1. The molecule has 120 valence electrons. The first-order valence-electron chi connectivity index (χ1n) is 7.43. The molecule has 0 aliphatic heterocycles. The Morgan fingerprint density at radius 2 is 1.91 bits per heavy atom. The van der Waals surface area contributed by atoms with Crippen LogP contribution in [-0.4, -0.2) is 32.4 Å². The Morgan fingerprint density at radius 1 is 1.22 bits per heavy atom. The second kappa shape index (κ2) is 7.51. The average Bonchev–Trinajstić information content (AvgIpc) is 2.48. The Kier molecular flexibility index (Phi) is 5.44. The van der Waals surface area contributed by atoms with Crippen molar-refractivity contribution in [3.8, 4) is 6.07 Å². The third-order valence-corrected chi connectivity index (χ3v) is 3.36. The van der Waals surface area contributed by atoms with Gasteiger partial charge in [-0.2, -0.15) is 20.2 Å². The van der Waals surface area contributed by atoms with Gasteiger partial charge in [-0.25, -0.2) is 0 Å². The average molecular weight is 311 g/mol. The lowest BCUT2D eigenvalue weighted by Crippen LogP contribution is -2.31. The lowest BCUT2D eigenvalue weighted by atomic mass is 10.2. The Hall–Kier alpha value is -2.72. The Balaban J connectivity index is 2.18. The third-order valence-electron chi connectivity index (χ3n) is 3.36. The summed E-state index contributed by atoms with van der Waals surface area (Å²) in [6.45, 7) is 6.82. The molecule has 23 heavy (non-hydrogen) atoms. The molecule has 0 saturated carbocycles. The van der Waals surface area contributed by atoms with Crippen molar-refractivity contribution < 1.29 is 0 Å². The second-order valence-corrected chi connectivity index (χ2v) is 5.58. The van der Waals surface area contributed by atoms with Crippen molar-refractivity contribution in [2.24, 2.45) is 0 Å². The molecule has 0 unspecified atom stereocenters. The van der Waals surface area contributed by atoms with Crippen molar-refractivity contribution in [2.45, 2.75) is 33.4 Å². The maximum atomic E-state index is 8.91. The summed E-state index contributed by atoms with van der Waals surface area (Å²) in [5.74, 6) is 1.10. The largest absolute Gasteiger partial charge is 0.368 e. The molecule has 1 aromatic carbocycles. The minimum Gasteiger partial charge on any atom is -0.368 e.